The van der Waals surface area contributed by atoms with E-state index in [4.69, 9.17) is 5.73 Å². The molecule has 0 heterocycles. The van der Waals surface area contributed by atoms with Gasteiger partial charge in [0.25, 0.3) is 0 Å². The van der Waals surface area contributed by atoms with Crippen LogP contribution in [0, 0.1) is 11.8 Å². The molecule has 0 bridgehead atoms. The van der Waals surface area contributed by atoms with Crippen LogP contribution in [0.3, 0.4) is 0 Å². The van der Waals surface area contributed by atoms with Crippen molar-refractivity contribution in [1.29, 1.82) is 0 Å². The van der Waals surface area contributed by atoms with Crippen LogP contribution < -0.4 is 5.73 Å². The summed E-state index contributed by atoms with van der Waals surface area (Å²) in [6.45, 7) is 8.91. The zero-order valence-electron chi connectivity index (χ0n) is 15.1. The van der Waals surface area contributed by atoms with Crippen LogP contribution in [-0.2, 0) is 0 Å². The van der Waals surface area contributed by atoms with Gasteiger partial charge in [-0.3, -0.25) is 0 Å². The molecule has 0 fully saturated rings. The van der Waals surface area contributed by atoms with E-state index in [-0.39, 0.29) is 12.1 Å². The zero-order valence-corrected chi connectivity index (χ0v) is 15.1. The standard InChI is InChI=1S/C19H41NO/c1-5-9-11-15-17(13-8-4)19(21)18(20)16(12-7-3)14-10-6-2/h16-19,21H,5-15,20H2,1-4H3. The number of nitrogens with two attached hydrogens (primary N) is 1. The summed E-state index contributed by atoms with van der Waals surface area (Å²) in [5.41, 5.74) is 6.47. The van der Waals surface area contributed by atoms with E-state index in [0.717, 1.165) is 25.7 Å². The number of aliphatic hydroxyl groups excluding tert-OH is 1. The van der Waals surface area contributed by atoms with E-state index in [1.54, 1.807) is 0 Å². The molecule has 0 rings (SSSR count). The number of rotatable bonds is 14. The van der Waals surface area contributed by atoms with Crippen LogP contribution in [0.5, 0.6) is 0 Å². The maximum absolute atomic E-state index is 10.8. The van der Waals surface area contributed by atoms with Crippen LogP contribution in [-0.4, -0.2) is 17.3 Å². The number of unbranched alkanes of at least 4 members (excludes halogenated alkanes) is 3. The highest BCUT2D eigenvalue weighted by atomic mass is 16.3. The van der Waals surface area contributed by atoms with Gasteiger partial charge in [0.05, 0.1) is 6.10 Å². The second kappa shape index (κ2) is 13.6. The van der Waals surface area contributed by atoms with Crippen LogP contribution in [0.2, 0.25) is 0 Å². The van der Waals surface area contributed by atoms with Gasteiger partial charge in [-0.25, -0.2) is 0 Å². The average Bonchev–Trinajstić information content (AvgIpc) is 2.49. The minimum Gasteiger partial charge on any atom is -0.391 e. The second-order valence-corrected chi connectivity index (χ2v) is 6.80. The summed E-state index contributed by atoms with van der Waals surface area (Å²) >= 11 is 0. The predicted molar refractivity (Wildman–Crippen MR) is 94.4 cm³/mol. The molecule has 0 saturated carbocycles. The lowest BCUT2D eigenvalue weighted by molar-refractivity contribution is 0.0472. The predicted octanol–water partition coefficient (Wildman–Crippen LogP) is 5.28. The summed E-state index contributed by atoms with van der Waals surface area (Å²) < 4.78 is 0. The monoisotopic (exact) mass is 299 g/mol. The fourth-order valence-electron chi connectivity index (χ4n) is 3.47. The summed E-state index contributed by atoms with van der Waals surface area (Å²) in [4.78, 5) is 0. The minimum absolute atomic E-state index is 0.0327. The van der Waals surface area contributed by atoms with Gasteiger partial charge in [0.1, 0.15) is 0 Å². The van der Waals surface area contributed by atoms with Gasteiger partial charge >= 0.3 is 0 Å². The normalized spacial score (nSPS) is 17.4. The van der Waals surface area contributed by atoms with E-state index < -0.39 is 0 Å². The first-order valence-electron chi connectivity index (χ1n) is 9.55. The number of hydrogen-bond donors (Lipinski definition) is 2. The van der Waals surface area contributed by atoms with Crippen molar-refractivity contribution < 1.29 is 5.11 Å². The third-order valence-corrected chi connectivity index (χ3v) is 4.85. The molecule has 0 saturated heterocycles. The first-order chi connectivity index (χ1) is 10.1. The van der Waals surface area contributed by atoms with E-state index in [2.05, 4.69) is 27.7 Å². The zero-order chi connectivity index (χ0) is 16.1. The van der Waals surface area contributed by atoms with Crippen molar-refractivity contribution in [3.63, 3.8) is 0 Å². The first kappa shape index (κ1) is 20.9. The number of aliphatic hydroxyl groups is 1. The lowest BCUT2D eigenvalue weighted by Crippen LogP contribution is -2.45. The van der Waals surface area contributed by atoms with E-state index in [9.17, 15) is 5.11 Å². The third kappa shape index (κ3) is 8.83. The van der Waals surface area contributed by atoms with Gasteiger partial charge in [0.15, 0.2) is 0 Å². The smallest absolute Gasteiger partial charge is 0.0721 e. The molecule has 0 aromatic heterocycles. The average molecular weight is 300 g/mol. The molecule has 0 amide bonds. The molecule has 0 aromatic carbocycles. The molecule has 4 unspecified atom stereocenters. The molecule has 3 N–H and O–H groups in total. The van der Waals surface area contributed by atoms with Crippen LogP contribution in [0.4, 0.5) is 0 Å². The fourth-order valence-corrected chi connectivity index (χ4v) is 3.47. The maximum Gasteiger partial charge on any atom is 0.0721 e. The van der Waals surface area contributed by atoms with Gasteiger partial charge in [-0.2, -0.15) is 0 Å². The summed E-state index contributed by atoms with van der Waals surface area (Å²) in [7, 11) is 0. The molecule has 128 valence electrons. The summed E-state index contributed by atoms with van der Waals surface area (Å²) in [5.74, 6) is 0.896. The molecule has 0 spiro atoms. The van der Waals surface area contributed by atoms with Crippen molar-refractivity contribution in [2.45, 2.75) is 110 Å². The van der Waals surface area contributed by atoms with Crippen molar-refractivity contribution >= 4 is 0 Å². The van der Waals surface area contributed by atoms with Crippen LogP contribution >= 0.6 is 0 Å². The van der Waals surface area contributed by atoms with Gasteiger partial charge in [-0.1, -0.05) is 72.6 Å². The summed E-state index contributed by atoms with van der Waals surface area (Å²) in [6.07, 6.45) is 12.8. The Morgan fingerprint density at radius 1 is 0.667 bits per heavy atom. The summed E-state index contributed by atoms with van der Waals surface area (Å²) in [6, 6.07) is -0.0327. The molecular weight excluding hydrogens is 258 g/mol. The molecule has 2 nitrogen and oxygen atoms in total. The van der Waals surface area contributed by atoms with Crippen LogP contribution in [0.1, 0.15) is 98.3 Å². The lowest BCUT2D eigenvalue weighted by atomic mass is 9.80. The Morgan fingerprint density at radius 3 is 1.71 bits per heavy atom. The van der Waals surface area contributed by atoms with Gasteiger partial charge < -0.3 is 10.8 Å². The molecule has 0 aliphatic carbocycles. The van der Waals surface area contributed by atoms with Crippen molar-refractivity contribution in [1.82, 2.24) is 0 Å². The van der Waals surface area contributed by atoms with Crippen molar-refractivity contribution in [2.75, 3.05) is 0 Å². The van der Waals surface area contributed by atoms with Gasteiger partial charge in [0, 0.05) is 6.04 Å². The van der Waals surface area contributed by atoms with E-state index in [0.29, 0.717) is 11.8 Å². The Bertz CT molecular complexity index is 220. The Kier molecular flexibility index (Phi) is 13.5. The Hall–Kier alpha value is -0.0800. The Balaban J connectivity index is 4.55. The molecule has 0 aromatic rings. The molecule has 2 heteroatoms. The SMILES string of the molecule is CCCCCC(CCC)C(O)C(N)C(CCC)CCCC. The topological polar surface area (TPSA) is 46.2 Å². The first-order valence-corrected chi connectivity index (χ1v) is 9.55. The molecule has 0 aliphatic heterocycles. The molecule has 21 heavy (non-hydrogen) atoms. The highest BCUT2D eigenvalue weighted by Gasteiger charge is 2.29. The van der Waals surface area contributed by atoms with Crippen LogP contribution in [0.25, 0.3) is 0 Å². The molecular formula is C19H41NO. The van der Waals surface area contributed by atoms with E-state index in [1.807, 2.05) is 0 Å². The van der Waals surface area contributed by atoms with E-state index >= 15 is 0 Å². The largest absolute Gasteiger partial charge is 0.391 e. The van der Waals surface area contributed by atoms with Gasteiger partial charge in [-0.05, 0) is 37.5 Å². The van der Waals surface area contributed by atoms with Gasteiger partial charge in [0.2, 0.25) is 0 Å². The van der Waals surface area contributed by atoms with Crippen LogP contribution in [0.15, 0.2) is 0 Å². The summed E-state index contributed by atoms with van der Waals surface area (Å²) in [5, 5.41) is 10.8. The highest BCUT2D eigenvalue weighted by Crippen LogP contribution is 2.27. The quantitative estimate of drug-likeness (QED) is 0.429. The Labute approximate surface area is 133 Å². The molecule has 4 atom stereocenters. The van der Waals surface area contributed by atoms with Crippen molar-refractivity contribution in [3.8, 4) is 0 Å². The van der Waals surface area contributed by atoms with Gasteiger partial charge in [-0.15, -0.1) is 0 Å². The Morgan fingerprint density at radius 2 is 1.19 bits per heavy atom. The van der Waals surface area contributed by atoms with Crippen molar-refractivity contribution in [3.05, 3.63) is 0 Å². The second-order valence-electron chi connectivity index (χ2n) is 6.80. The third-order valence-electron chi connectivity index (χ3n) is 4.85. The van der Waals surface area contributed by atoms with Crippen molar-refractivity contribution in [2.24, 2.45) is 17.6 Å². The maximum atomic E-state index is 10.8. The number of hydrogen-bond acceptors (Lipinski definition) is 2. The fraction of sp³-hybridized carbons (Fsp3) is 1.00. The van der Waals surface area contributed by atoms with E-state index in [1.165, 1.54) is 44.9 Å². The lowest BCUT2D eigenvalue weighted by Gasteiger charge is -2.33. The molecule has 0 aliphatic rings. The highest BCUT2D eigenvalue weighted by molar-refractivity contribution is 4.84. The minimum atomic E-state index is -0.310. The molecule has 0 radical (unpaired) electrons.